The number of hydrogen-bond donors (Lipinski definition) is 1. The van der Waals surface area contributed by atoms with E-state index in [4.69, 9.17) is 21.1 Å². The van der Waals surface area contributed by atoms with E-state index in [1.54, 1.807) is 24.3 Å². The molecule has 2 aromatic carbocycles. The van der Waals surface area contributed by atoms with Gasteiger partial charge in [0.25, 0.3) is 10.1 Å². The van der Waals surface area contributed by atoms with E-state index >= 15 is 0 Å². The van der Waals surface area contributed by atoms with Crippen molar-refractivity contribution in [3.63, 3.8) is 0 Å². The average molecular weight is 355 g/mol. The van der Waals surface area contributed by atoms with Gasteiger partial charge in [-0.05, 0) is 42.3 Å². The summed E-state index contributed by atoms with van der Waals surface area (Å²) in [6, 6.07) is 9.76. The summed E-state index contributed by atoms with van der Waals surface area (Å²) in [5, 5.41) is 0.468. The van der Waals surface area contributed by atoms with Gasteiger partial charge in [0, 0.05) is 6.42 Å². The van der Waals surface area contributed by atoms with Crippen LogP contribution in [0.2, 0.25) is 5.02 Å². The van der Waals surface area contributed by atoms with Crippen molar-refractivity contribution in [3.05, 3.63) is 52.5 Å². The molecule has 122 valence electrons. The monoisotopic (exact) mass is 354 g/mol. The maximum atomic E-state index is 11.3. The highest BCUT2D eigenvalue weighted by Crippen LogP contribution is 2.38. The first-order valence-corrected chi connectivity index (χ1v) is 8.81. The van der Waals surface area contributed by atoms with E-state index in [0.717, 1.165) is 11.1 Å². The van der Waals surface area contributed by atoms with Crippen molar-refractivity contribution in [2.45, 2.75) is 24.3 Å². The van der Waals surface area contributed by atoms with Crippen molar-refractivity contribution in [1.82, 2.24) is 0 Å². The molecule has 1 N–H and O–H groups in total. The van der Waals surface area contributed by atoms with Gasteiger partial charge in [0.15, 0.2) is 11.5 Å². The molecule has 7 heteroatoms. The molecule has 0 fully saturated rings. The molecule has 5 nitrogen and oxygen atoms in total. The molecule has 0 aromatic heterocycles. The van der Waals surface area contributed by atoms with Crippen LogP contribution < -0.4 is 9.47 Å². The zero-order chi connectivity index (χ0) is 16.6. The summed E-state index contributed by atoms with van der Waals surface area (Å²) < 4.78 is 43.3. The van der Waals surface area contributed by atoms with Crippen molar-refractivity contribution >= 4 is 21.7 Å². The fourth-order valence-corrected chi connectivity index (χ4v) is 3.22. The number of para-hydroxylation sites is 1. The molecule has 1 heterocycles. The van der Waals surface area contributed by atoms with Gasteiger partial charge in [-0.15, -0.1) is 0 Å². The van der Waals surface area contributed by atoms with Gasteiger partial charge in [-0.25, -0.2) is 0 Å². The van der Waals surface area contributed by atoms with E-state index in [1.165, 1.54) is 12.1 Å². The number of ether oxygens (including phenoxy) is 2. The van der Waals surface area contributed by atoms with Gasteiger partial charge < -0.3 is 9.47 Å². The molecule has 0 radical (unpaired) electrons. The predicted octanol–water partition coefficient (Wildman–Crippen LogP) is 3.28. The third kappa shape index (κ3) is 3.44. The number of aryl methyl sites for hydroxylation is 1. The Balaban J connectivity index is 1.85. The second-order valence-corrected chi connectivity index (χ2v) is 7.21. The Kier molecular flexibility index (Phi) is 4.23. The van der Waals surface area contributed by atoms with Gasteiger partial charge in [0.1, 0.15) is 12.7 Å². The summed E-state index contributed by atoms with van der Waals surface area (Å²) in [6.07, 6.45) is 0.151. The molecular formula is C16H15ClO5S. The second kappa shape index (κ2) is 6.03. The third-order valence-electron chi connectivity index (χ3n) is 3.71. The molecule has 1 aliphatic heterocycles. The van der Waals surface area contributed by atoms with E-state index in [9.17, 15) is 13.0 Å². The number of rotatable bonds is 3. The number of hydrogen-bond acceptors (Lipinski definition) is 4. The Morgan fingerprint density at radius 3 is 2.83 bits per heavy atom. The van der Waals surface area contributed by atoms with Crippen molar-refractivity contribution in [2.75, 3.05) is 6.61 Å². The molecule has 0 bridgehead atoms. The maximum Gasteiger partial charge on any atom is 0.294 e. The first-order chi connectivity index (χ1) is 10.8. The van der Waals surface area contributed by atoms with Crippen LogP contribution in [0.4, 0.5) is 0 Å². The predicted molar refractivity (Wildman–Crippen MR) is 86.1 cm³/mol. The lowest BCUT2D eigenvalue weighted by molar-refractivity contribution is 0.0913. The number of halogens is 1. The van der Waals surface area contributed by atoms with Crippen LogP contribution in [0.15, 0.2) is 41.3 Å². The van der Waals surface area contributed by atoms with Crippen LogP contribution in [0.1, 0.15) is 11.1 Å². The van der Waals surface area contributed by atoms with Crippen molar-refractivity contribution in [3.8, 4) is 11.5 Å². The summed E-state index contributed by atoms with van der Waals surface area (Å²) in [4.78, 5) is -0.131. The minimum Gasteiger partial charge on any atom is -0.486 e. The molecule has 23 heavy (non-hydrogen) atoms. The third-order valence-corrected chi connectivity index (χ3v) is 4.85. The van der Waals surface area contributed by atoms with E-state index in [-0.39, 0.29) is 11.0 Å². The highest BCUT2D eigenvalue weighted by molar-refractivity contribution is 7.85. The van der Waals surface area contributed by atoms with Crippen molar-refractivity contribution < 1.29 is 22.4 Å². The summed E-state index contributed by atoms with van der Waals surface area (Å²) in [5.74, 6) is 1.09. The van der Waals surface area contributed by atoms with E-state index in [2.05, 4.69) is 0 Å². The van der Waals surface area contributed by atoms with E-state index in [1.807, 2.05) is 6.92 Å². The molecule has 3 rings (SSSR count). The molecule has 0 aliphatic carbocycles. The van der Waals surface area contributed by atoms with Gasteiger partial charge in [-0.3, -0.25) is 4.55 Å². The SMILES string of the molecule is Cc1ccc(S(=O)(=O)O)cc1C[C@@H]1COc2cccc(Cl)c2O1. The first-order valence-electron chi connectivity index (χ1n) is 6.99. The van der Waals surface area contributed by atoms with Crippen LogP contribution in [0.25, 0.3) is 0 Å². The van der Waals surface area contributed by atoms with Crippen LogP contribution in [0.3, 0.4) is 0 Å². The van der Waals surface area contributed by atoms with Gasteiger partial charge >= 0.3 is 0 Å². The zero-order valence-corrected chi connectivity index (χ0v) is 13.9. The largest absolute Gasteiger partial charge is 0.486 e. The normalized spacial score (nSPS) is 17.1. The summed E-state index contributed by atoms with van der Waals surface area (Å²) in [7, 11) is -4.23. The highest BCUT2D eigenvalue weighted by Gasteiger charge is 2.24. The summed E-state index contributed by atoms with van der Waals surface area (Å²) >= 11 is 6.11. The van der Waals surface area contributed by atoms with Crippen LogP contribution in [-0.4, -0.2) is 25.7 Å². The van der Waals surface area contributed by atoms with Crippen LogP contribution in [0, 0.1) is 6.92 Å². The van der Waals surface area contributed by atoms with Crippen molar-refractivity contribution in [1.29, 1.82) is 0 Å². The highest BCUT2D eigenvalue weighted by atomic mass is 35.5. The Morgan fingerprint density at radius 2 is 2.09 bits per heavy atom. The van der Waals surface area contributed by atoms with Crippen LogP contribution in [-0.2, 0) is 16.5 Å². The molecule has 0 spiro atoms. The lowest BCUT2D eigenvalue weighted by Gasteiger charge is -2.27. The van der Waals surface area contributed by atoms with Crippen molar-refractivity contribution in [2.24, 2.45) is 0 Å². The Morgan fingerprint density at radius 1 is 1.30 bits per heavy atom. The quantitative estimate of drug-likeness (QED) is 0.856. The molecule has 0 saturated carbocycles. The number of benzene rings is 2. The van der Waals surface area contributed by atoms with Gasteiger partial charge in [-0.2, -0.15) is 8.42 Å². The fraction of sp³-hybridized carbons (Fsp3) is 0.250. The summed E-state index contributed by atoms with van der Waals surface area (Å²) in [5.41, 5.74) is 1.68. The van der Waals surface area contributed by atoms with E-state index < -0.39 is 10.1 Å². The second-order valence-electron chi connectivity index (χ2n) is 5.39. The van der Waals surface area contributed by atoms with Gasteiger partial charge in [0.05, 0.1) is 9.92 Å². The number of fused-ring (bicyclic) bond motifs is 1. The van der Waals surface area contributed by atoms with Crippen LogP contribution in [0.5, 0.6) is 11.5 Å². The topological polar surface area (TPSA) is 72.8 Å². The van der Waals surface area contributed by atoms with E-state index in [0.29, 0.717) is 29.5 Å². The van der Waals surface area contributed by atoms with Gasteiger partial charge in [-0.1, -0.05) is 23.7 Å². The molecule has 2 aromatic rings. The Hall–Kier alpha value is -1.76. The molecule has 0 unspecified atom stereocenters. The van der Waals surface area contributed by atoms with Crippen LogP contribution >= 0.6 is 11.6 Å². The molecule has 1 aliphatic rings. The summed E-state index contributed by atoms with van der Waals surface area (Å²) in [6.45, 7) is 2.20. The average Bonchev–Trinajstić information content (AvgIpc) is 2.49. The Bertz CT molecular complexity index is 848. The first kappa shape index (κ1) is 16.1. The minimum atomic E-state index is -4.23. The lowest BCUT2D eigenvalue weighted by Crippen LogP contribution is -2.31. The fourth-order valence-electron chi connectivity index (χ4n) is 2.47. The molecule has 0 saturated heterocycles. The molecular weight excluding hydrogens is 340 g/mol. The maximum absolute atomic E-state index is 11.3. The minimum absolute atomic E-state index is 0.131. The Labute approximate surface area is 139 Å². The zero-order valence-electron chi connectivity index (χ0n) is 12.3. The smallest absolute Gasteiger partial charge is 0.294 e. The van der Waals surface area contributed by atoms with Gasteiger partial charge in [0.2, 0.25) is 0 Å². The molecule has 0 amide bonds. The standard InChI is InChI=1S/C16H15ClO5S/c1-10-5-6-13(23(18,19)20)8-11(10)7-12-9-21-15-4-2-3-14(17)16(15)22-12/h2-6,8,12H,7,9H2,1H3,(H,18,19,20)/t12-/m1/s1. The lowest BCUT2D eigenvalue weighted by atomic mass is 10.0. The molecule has 1 atom stereocenters.